The second-order valence-electron chi connectivity index (χ2n) is 4.75. The predicted octanol–water partition coefficient (Wildman–Crippen LogP) is 3.12. The minimum absolute atomic E-state index is 0.190. The summed E-state index contributed by atoms with van der Waals surface area (Å²) in [6.07, 6.45) is 5.28. The van der Waals surface area contributed by atoms with Gasteiger partial charge in [-0.2, -0.15) is 5.26 Å². The van der Waals surface area contributed by atoms with Gasteiger partial charge in [-0.05, 0) is 48.4 Å². The molecule has 0 radical (unpaired) electrons. The van der Waals surface area contributed by atoms with Gasteiger partial charge < -0.3 is 4.57 Å². The molecule has 0 unspecified atom stereocenters. The standard InChI is InChI=1S/C14H14N2/c1-16-8-5-11-9-12(3-4-13(11)16)14(10-15)6-2-7-14/h3-5,8-9H,2,6-7H2,1H3. The van der Waals surface area contributed by atoms with Gasteiger partial charge in [0, 0.05) is 18.8 Å². The molecule has 2 heteroatoms. The number of nitrogens with zero attached hydrogens (tertiary/aromatic N) is 2. The molecule has 1 aliphatic carbocycles. The molecule has 1 aromatic carbocycles. The molecule has 1 aromatic heterocycles. The van der Waals surface area contributed by atoms with E-state index in [1.54, 1.807) is 0 Å². The van der Waals surface area contributed by atoms with E-state index in [-0.39, 0.29) is 5.41 Å². The van der Waals surface area contributed by atoms with E-state index in [0.29, 0.717) is 0 Å². The number of hydrogen-bond donors (Lipinski definition) is 0. The van der Waals surface area contributed by atoms with Crippen molar-refractivity contribution in [1.82, 2.24) is 4.57 Å². The molecular weight excluding hydrogens is 196 g/mol. The largest absolute Gasteiger partial charge is 0.351 e. The lowest BCUT2D eigenvalue weighted by molar-refractivity contribution is 0.324. The number of hydrogen-bond acceptors (Lipinski definition) is 1. The second-order valence-corrected chi connectivity index (χ2v) is 4.75. The summed E-state index contributed by atoms with van der Waals surface area (Å²) in [5.74, 6) is 0. The van der Waals surface area contributed by atoms with Crippen LogP contribution in [0.2, 0.25) is 0 Å². The summed E-state index contributed by atoms with van der Waals surface area (Å²) in [5.41, 5.74) is 2.24. The molecule has 16 heavy (non-hydrogen) atoms. The first-order valence-electron chi connectivity index (χ1n) is 5.72. The quantitative estimate of drug-likeness (QED) is 0.711. The van der Waals surface area contributed by atoms with Crippen molar-refractivity contribution < 1.29 is 0 Å². The summed E-state index contributed by atoms with van der Waals surface area (Å²) in [4.78, 5) is 0. The van der Waals surface area contributed by atoms with Gasteiger partial charge in [-0.3, -0.25) is 0 Å². The lowest BCUT2D eigenvalue weighted by atomic mass is 9.65. The number of nitriles is 1. The van der Waals surface area contributed by atoms with Crippen LogP contribution in [0.1, 0.15) is 24.8 Å². The molecule has 2 aromatic rings. The fourth-order valence-corrected chi connectivity index (χ4v) is 2.57. The van der Waals surface area contributed by atoms with E-state index in [1.807, 2.05) is 7.05 Å². The molecule has 0 bridgehead atoms. The summed E-state index contributed by atoms with van der Waals surface area (Å²) in [6, 6.07) is 11.0. The van der Waals surface area contributed by atoms with E-state index >= 15 is 0 Å². The Morgan fingerprint density at radius 3 is 2.75 bits per heavy atom. The van der Waals surface area contributed by atoms with Gasteiger partial charge in [-0.1, -0.05) is 6.07 Å². The minimum atomic E-state index is -0.190. The van der Waals surface area contributed by atoms with Crippen molar-refractivity contribution in [3.05, 3.63) is 36.0 Å². The van der Waals surface area contributed by atoms with Crippen molar-refractivity contribution in [2.75, 3.05) is 0 Å². The molecule has 2 nitrogen and oxygen atoms in total. The van der Waals surface area contributed by atoms with Crippen LogP contribution in [-0.2, 0) is 12.5 Å². The Morgan fingerprint density at radius 1 is 1.31 bits per heavy atom. The predicted molar refractivity (Wildman–Crippen MR) is 64.1 cm³/mol. The SMILES string of the molecule is Cn1ccc2cc(C3(C#N)CCC3)ccc21. The zero-order chi connectivity index (χ0) is 11.2. The third kappa shape index (κ3) is 1.12. The highest BCUT2D eigenvalue weighted by atomic mass is 14.9. The summed E-state index contributed by atoms with van der Waals surface area (Å²) < 4.78 is 2.11. The normalized spacial score (nSPS) is 18.0. The topological polar surface area (TPSA) is 28.7 Å². The Morgan fingerprint density at radius 2 is 2.12 bits per heavy atom. The first-order chi connectivity index (χ1) is 7.75. The highest BCUT2D eigenvalue weighted by molar-refractivity contribution is 5.81. The number of rotatable bonds is 1. The van der Waals surface area contributed by atoms with Crippen molar-refractivity contribution in [2.24, 2.45) is 7.05 Å². The molecule has 0 amide bonds. The lowest BCUT2D eigenvalue weighted by Crippen LogP contribution is -2.32. The third-order valence-corrected chi connectivity index (χ3v) is 3.86. The molecular formula is C14H14N2. The van der Waals surface area contributed by atoms with Crippen LogP contribution in [0, 0.1) is 11.3 Å². The van der Waals surface area contributed by atoms with Crippen molar-refractivity contribution >= 4 is 10.9 Å². The maximum absolute atomic E-state index is 9.31. The molecule has 1 aliphatic rings. The Kier molecular flexibility index (Phi) is 1.85. The van der Waals surface area contributed by atoms with Crippen LogP contribution in [0.25, 0.3) is 10.9 Å². The van der Waals surface area contributed by atoms with E-state index in [0.717, 1.165) is 12.8 Å². The van der Waals surface area contributed by atoms with E-state index in [2.05, 4.69) is 41.1 Å². The number of aryl methyl sites for hydroxylation is 1. The van der Waals surface area contributed by atoms with E-state index in [9.17, 15) is 5.26 Å². The summed E-state index contributed by atoms with van der Waals surface area (Å²) >= 11 is 0. The fraction of sp³-hybridized carbons (Fsp3) is 0.357. The average molecular weight is 210 g/mol. The van der Waals surface area contributed by atoms with Crippen LogP contribution in [0.4, 0.5) is 0 Å². The highest BCUT2D eigenvalue weighted by Crippen LogP contribution is 2.43. The van der Waals surface area contributed by atoms with Gasteiger partial charge in [-0.25, -0.2) is 0 Å². The van der Waals surface area contributed by atoms with Crippen molar-refractivity contribution in [2.45, 2.75) is 24.7 Å². The summed E-state index contributed by atoms with van der Waals surface area (Å²) in [6.45, 7) is 0. The smallest absolute Gasteiger partial charge is 0.0822 e. The van der Waals surface area contributed by atoms with Crippen molar-refractivity contribution in [1.29, 1.82) is 5.26 Å². The molecule has 3 rings (SSSR count). The van der Waals surface area contributed by atoms with Gasteiger partial charge >= 0.3 is 0 Å². The van der Waals surface area contributed by atoms with E-state index in [4.69, 9.17) is 0 Å². The highest BCUT2D eigenvalue weighted by Gasteiger charge is 2.38. The minimum Gasteiger partial charge on any atom is -0.351 e. The van der Waals surface area contributed by atoms with Gasteiger partial charge in [0.15, 0.2) is 0 Å². The summed E-state index contributed by atoms with van der Waals surface area (Å²) in [5, 5.41) is 10.5. The fourth-order valence-electron chi connectivity index (χ4n) is 2.57. The van der Waals surface area contributed by atoms with Gasteiger partial charge in [0.1, 0.15) is 0 Å². The second kappa shape index (κ2) is 3.12. The Balaban J connectivity index is 2.16. The Hall–Kier alpha value is -1.75. The molecule has 0 aliphatic heterocycles. The maximum Gasteiger partial charge on any atom is 0.0822 e. The molecule has 1 saturated carbocycles. The molecule has 0 saturated heterocycles. The summed E-state index contributed by atoms with van der Waals surface area (Å²) in [7, 11) is 2.05. The van der Waals surface area contributed by atoms with Gasteiger partial charge in [-0.15, -0.1) is 0 Å². The molecule has 0 atom stereocenters. The van der Waals surface area contributed by atoms with Crippen LogP contribution in [0.15, 0.2) is 30.5 Å². The first kappa shape index (κ1) is 9.47. The Bertz CT molecular complexity index is 582. The van der Waals surface area contributed by atoms with Crippen LogP contribution < -0.4 is 0 Å². The van der Waals surface area contributed by atoms with Gasteiger partial charge in [0.2, 0.25) is 0 Å². The molecule has 0 N–H and O–H groups in total. The van der Waals surface area contributed by atoms with Crippen LogP contribution >= 0.6 is 0 Å². The number of benzene rings is 1. The van der Waals surface area contributed by atoms with Crippen LogP contribution in [0.3, 0.4) is 0 Å². The van der Waals surface area contributed by atoms with Crippen molar-refractivity contribution in [3.8, 4) is 6.07 Å². The van der Waals surface area contributed by atoms with Crippen LogP contribution in [-0.4, -0.2) is 4.57 Å². The number of fused-ring (bicyclic) bond motifs is 1. The van der Waals surface area contributed by atoms with E-state index in [1.165, 1.54) is 22.9 Å². The zero-order valence-corrected chi connectivity index (χ0v) is 9.40. The van der Waals surface area contributed by atoms with Crippen LogP contribution in [0.5, 0.6) is 0 Å². The zero-order valence-electron chi connectivity index (χ0n) is 9.40. The average Bonchev–Trinajstić information content (AvgIpc) is 2.60. The molecule has 1 heterocycles. The monoisotopic (exact) mass is 210 g/mol. The van der Waals surface area contributed by atoms with Crippen molar-refractivity contribution in [3.63, 3.8) is 0 Å². The lowest BCUT2D eigenvalue weighted by Gasteiger charge is -2.35. The first-order valence-corrected chi connectivity index (χ1v) is 5.72. The third-order valence-electron chi connectivity index (χ3n) is 3.86. The molecule has 1 fully saturated rings. The van der Waals surface area contributed by atoms with Gasteiger partial charge in [0.05, 0.1) is 11.5 Å². The molecule has 0 spiro atoms. The Labute approximate surface area is 95.1 Å². The maximum atomic E-state index is 9.31. The molecule has 80 valence electrons. The van der Waals surface area contributed by atoms with Gasteiger partial charge in [0.25, 0.3) is 0 Å². The number of aromatic nitrogens is 1. The van der Waals surface area contributed by atoms with E-state index < -0.39 is 0 Å².